The van der Waals surface area contributed by atoms with Crippen molar-refractivity contribution in [1.29, 1.82) is 0 Å². The van der Waals surface area contributed by atoms with Crippen molar-refractivity contribution in [3.63, 3.8) is 0 Å². The van der Waals surface area contributed by atoms with Crippen LogP contribution >= 0.6 is 11.6 Å². The summed E-state index contributed by atoms with van der Waals surface area (Å²) >= 11 is 5.95. The number of hydrogen-bond acceptors (Lipinski definition) is 4. The van der Waals surface area contributed by atoms with Crippen LogP contribution in [0.3, 0.4) is 0 Å². The molecule has 0 N–H and O–H groups in total. The maximum atomic E-state index is 13.7. The molecule has 0 aliphatic heterocycles. The van der Waals surface area contributed by atoms with Gasteiger partial charge in [-0.15, -0.1) is 0 Å². The Labute approximate surface area is 237 Å². The molecule has 0 fully saturated rings. The summed E-state index contributed by atoms with van der Waals surface area (Å²) < 4.78 is 29.7. The predicted octanol–water partition coefficient (Wildman–Crippen LogP) is 6.73. The summed E-state index contributed by atoms with van der Waals surface area (Å²) in [6, 6.07) is 16.3. The van der Waals surface area contributed by atoms with Gasteiger partial charge in [0.25, 0.3) is 5.69 Å². The van der Waals surface area contributed by atoms with E-state index in [1.165, 1.54) is 33.1 Å². The number of quaternary nitrogens is 1. The monoisotopic (exact) mass is 572 g/mol. The van der Waals surface area contributed by atoms with Gasteiger partial charge in [0.15, 0.2) is 0 Å². The third-order valence-electron chi connectivity index (χ3n) is 6.71. The standard InChI is InChI=1S/C30H39ClN3O4S/c1-22-13-23(2)16-26(15-22)20-32(39(37,38)28-9-10-29(31)30(19-28)33(35)36)11-7-8-12-34(5,6)21-27-17-24(3)14-25(4)18-27/h9-10,13-19H,7-8,11-12,20-21H2,1-6H3/q+1. The lowest BCUT2D eigenvalue weighted by molar-refractivity contribution is -0.903. The number of benzene rings is 3. The van der Waals surface area contributed by atoms with Crippen LogP contribution in [0, 0.1) is 37.8 Å². The van der Waals surface area contributed by atoms with Crippen molar-refractivity contribution in [1.82, 2.24) is 4.31 Å². The minimum absolute atomic E-state index is 0.0939. The fourth-order valence-corrected chi connectivity index (χ4v) is 6.83. The zero-order valence-electron chi connectivity index (χ0n) is 23.7. The first-order chi connectivity index (χ1) is 18.2. The second kappa shape index (κ2) is 12.6. The highest BCUT2D eigenvalue weighted by Crippen LogP contribution is 2.29. The maximum absolute atomic E-state index is 13.7. The second-order valence-electron chi connectivity index (χ2n) is 11.2. The van der Waals surface area contributed by atoms with E-state index in [1.54, 1.807) is 0 Å². The lowest BCUT2D eigenvalue weighted by Crippen LogP contribution is -2.40. The van der Waals surface area contributed by atoms with E-state index in [4.69, 9.17) is 11.6 Å². The van der Waals surface area contributed by atoms with Gasteiger partial charge < -0.3 is 4.48 Å². The van der Waals surface area contributed by atoms with Gasteiger partial charge in [-0.2, -0.15) is 4.31 Å². The normalized spacial score (nSPS) is 12.2. The van der Waals surface area contributed by atoms with Crippen LogP contribution in [0.5, 0.6) is 0 Å². The molecule has 0 radical (unpaired) electrons. The highest BCUT2D eigenvalue weighted by Gasteiger charge is 2.28. The Balaban J connectivity index is 1.79. The molecule has 0 heterocycles. The summed E-state index contributed by atoms with van der Waals surface area (Å²) in [7, 11) is 0.371. The molecule has 9 heteroatoms. The molecule has 0 aliphatic rings. The minimum Gasteiger partial charge on any atom is -0.325 e. The summed E-state index contributed by atoms with van der Waals surface area (Å²) in [4.78, 5) is 10.6. The van der Waals surface area contributed by atoms with Gasteiger partial charge in [0.2, 0.25) is 10.0 Å². The Morgan fingerprint density at radius 3 is 1.92 bits per heavy atom. The zero-order valence-corrected chi connectivity index (χ0v) is 25.3. The quantitative estimate of drug-likeness (QED) is 0.104. The topological polar surface area (TPSA) is 80.5 Å². The fourth-order valence-electron chi connectivity index (χ4n) is 5.15. The van der Waals surface area contributed by atoms with Gasteiger partial charge >= 0.3 is 0 Å². The van der Waals surface area contributed by atoms with Crippen molar-refractivity contribution >= 4 is 27.3 Å². The first-order valence-corrected chi connectivity index (χ1v) is 14.9. The number of sulfonamides is 1. The summed E-state index contributed by atoms with van der Waals surface area (Å²) in [5, 5.41) is 11.3. The smallest absolute Gasteiger partial charge is 0.289 e. The van der Waals surface area contributed by atoms with Crippen LogP contribution in [-0.2, 0) is 23.1 Å². The lowest BCUT2D eigenvalue weighted by atomic mass is 10.1. The number of nitrogens with zero attached hydrogens (tertiary/aromatic N) is 3. The molecule has 0 saturated heterocycles. The summed E-state index contributed by atoms with van der Waals surface area (Å²) in [6.07, 6.45) is 1.49. The Bertz CT molecular complexity index is 1410. The van der Waals surface area contributed by atoms with Gasteiger partial charge in [-0.25, -0.2) is 8.42 Å². The highest BCUT2D eigenvalue weighted by atomic mass is 35.5. The average molecular weight is 573 g/mol. The molecular weight excluding hydrogens is 534 g/mol. The Morgan fingerprint density at radius 1 is 0.846 bits per heavy atom. The number of unbranched alkanes of at least 4 members (excludes halogenated alkanes) is 1. The number of nitro benzene ring substituents is 1. The molecule has 7 nitrogen and oxygen atoms in total. The summed E-state index contributed by atoms with van der Waals surface area (Å²) in [5.41, 5.74) is 6.35. The molecule has 3 aromatic rings. The largest absolute Gasteiger partial charge is 0.325 e. The summed E-state index contributed by atoms with van der Waals surface area (Å²) in [5.74, 6) is 0. The van der Waals surface area contributed by atoms with Crippen molar-refractivity contribution < 1.29 is 17.8 Å². The van der Waals surface area contributed by atoms with Crippen molar-refractivity contribution in [3.8, 4) is 0 Å². The van der Waals surface area contributed by atoms with Crippen molar-refractivity contribution in [2.24, 2.45) is 0 Å². The molecule has 0 saturated carbocycles. The summed E-state index contributed by atoms with van der Waals surface area (Å²) in [6.45, 7) is 10.4. The van der Waals surface area contributed by atoms with E-state index in [-0.39, 0.29) is 16.5 Å². The number of aryl methyl sites for hydroxylation is 4. The Hall–Kier alpha value is -2.78. The first kappa shape index (κ1) is 30.8. The molecule has 0 amide bonds. The molecule has 0 atom stereocenters. The van der Waals surface area contributed by atoms with E-state index in [0.717, 1.165) is 46.8 Å². The number of hydrogen-bond donors (Lipinski definition) is 0. The second-order valence-corrected chi connectivity index (χ2v) is 13.6. The molecule has 3 aromatic carbocycles. The molecular formula is C30H39ClN3O4S+. The van der Waals surface area contributed by atoms with Crippen molar-refractivity contribution in [2.45, 2.75) is 58.5 Å². The fraction of sp³-hybridized carbons (Fsp3) is 0.400. The molecule has 39 heavy (non-hydrogen) atoms. The van der Waals surface area contributed by atoms with Crippen LogP contribution in [0.4, 0.5) is 5.69 Å². The molecule has 3 rings (SSSR count). The van der Waals surface area contributed by atoms with Crippen LogP contribution in [0.2, 0.25) is 5.02 Å². The predicted molar refractivity (Wildman–Crippen MR) is 157 cm³/mol. The van der Waals surface area contributed by atoms with E-state index in [1.807, 2.05) is 32.0 Å². The van der Waals surface area contributed by atoms with Crippen molar-refractivity contribution in [2.75, 3.05) is 27.2 Å². The van der Waals surface area contributed by atoms with Crippen LogP contribution in [-0.4, -0.2) is 49.3 Å². The average Bonchev–Trinajstić information content (AvgIpc) is 2.79. The van der Waals surface area contributed by atoms with E-state index in [0.29, 0.717) is 13.0 Å². The van der Waals surface area contributed by atoms with Crippen LogP contribution in [0.1, 0.15) is 46.2 Å². The van der Waals surface area contributed by atoms with Crippen molar-refractivity contribution in [3.05, 3.63) is 103 Å². The van der Waals surface area contributed by atoms with Gasteiger partial charge in [0.1, 0.15) is 11.6 Å². The Kier molecular flexibility index (Phi) is 9.93. The SMILES string of the molecule is Cc1cc(C)cc(CN(CCCC[N+](C)(C)Cc2cc(C)cc(C)c2)S(=O)(=O)c2ccc(Cl)c([N+](=O)[O-])c2)c1. The van der Waals surface area contributed by atoms with Gasteiger partial charge in [-0.3, -0.25) is 10.1 Å². The van der Waals surface area contributed by atoms with Crippen LogP contribution in [0.15, 0.2) is 59.5 Å². The third-order valence-corrected chi connectivity index (χ3v) is 8.87. The first-order valence-electron chi connectivity index (χ1n) is 13.1. The van der Waals surface area contributed by atoms with Gasteiger partial charge in [0.05, 0.1) is 30.5 Å². The van der Waals surface area contributed by atoms with Gasteiger partial charge in [0, 0.05) is 24.7 Å². The molecule has 0 aliphatic carbocycles. The molecule has 0 spiro atoms. The van der Waals surface area contributed by atoms with E-state index >= 15 is 0 Å². The third kappa shape index (κ3) is 8.60. The van der Waals surface area contributed by atoms with Gasteiger partial charge in [-0.05, 0) is 58.2 Å². The molecule has 0 unspecified atom stereocenters. The van der Waals surface area contributed by atoms with Crippen LogP contribution < -0.4 is 0 Å². The number of rotatable bonds is 12. The maximum Gasteiger partial charge on any atom is 0.289 e. The van der Waals surface area contributed by atoms with E-state index in [2.05, 4.69) is 46.1 Å². The molecule has 210 valence electrons. The zero-order chi connectivity index (χ0) is 29.0. The van der Waals surface area contributed by atoms with E-state index in [9.17, 15) is 18.5 Å². The Morgan fingerprint density at radius 2 is 1.38 bits per heavy atom. The lowest BCUT2D eigenvalue weighted by Gasteiger charge is -2.30. The molecule has 0 aromatic heterocycles. The number of halogens is 1. The molecule has 0 bridgehead atoms. The van der Waals surface area contributed by atoms with Crippen LogP contribution in [0.25, 0.3) is 0 Å². The van der Waals surface area contributed by atoms with Gasteiger partial charge in [-0.1, -0.05) is 70.3 Å². The number of nitro groups is 1. The highest BCUT2D eigenvalue weighted by molar-refractivity contribution is 7.89. The minimum atomic E-state index is -4.01. The van der Waals surface area contributed by atoms with E-state index < -0.39 is 20.6 Å².